The molecular weight excluding hydrogens is 461 g/mol. The Labute approximate surface area is 191 Å². The summed E-state index contributed by atoms with van der Waals surface area (Å²) in [5.74, 6) is -0.405. The molecule has 0 spiro atoms. The third kappa shape index (κ3) is 6.88. The zero-order valence-corrected chi connectivity index (χ0v) is 18.7. The largest absolute Gasteiger partial charge is 0.394 e. The molecule has 174 valence electrons. The van der Waals surface area contributed by atoms with E-state index in [1.165, 1.54) is 36.4 Å². The van der Waals surface area contributed by atoms with Gasteiger partial charge in [0.1, 0.15) is 11.9 Å². The van der Waals surface area contributed by atoms with Gasteiger partial charge in [-0.1, -0.05) is 17.7 Å². The van der Waals surface area contributed by atoms with Gasteiger partial charge in [-0.3, -0.25) is 0 Å². The van der Waals surface area contributed by atoms with E-state index in [0.717, 1.165) is 0 Å². The highest BCUT2D eigenvalue weighted by atomic mass is 35.5. The molecule has 0 radical (unpaired) electrons. The lowest BCUT2D eigenvalue weighted by Crippen LogP contribution is -2.52. The Balaban J connectivity index is 1.46. The molecule has 1 saturated heterocycles. The zero-order valence-electron chi connectivity index (χ0n) is 17.1. The van der Waals surface area contributed by atoms with Crippen LogP contribution in [0.25, 0.3) is 0 Å². The fourth-order valence-electron chi connectivity index (χ4n) is 3.45. The number of benzene rings is 2. The highest BCUT2D eigenvalue weighted by molar-refractivity contribution is 7.89. The number of rotatable bonds is 8. The molecule has 2 amide bonds. The summed E-state index contributed by atoms with van der Waals surface area (Å²) in [5, 5.41) is 15.4. The first kappa shape index (κ1) is 24.4. The predicted octanol–water partition coefficient (Wildman–Crippen LogP) is 2.88. The number of carbonyl (C=O) groups excluding carboxylic acids is 1. The predicted molar refractivity (Wildman–Crippen MR) is 119 cm³/mol. The molecule has 1 aliphatic heterocycles. The molecule has 2 aromatic rings. The first-order valence-corrected chi connectivity index (χ1v) is 12.0. The molecule has 4 N–H and O–H groups in total. The lowest BCUT2D eigenvalue weighted by atomic mass is 9.97. The molecule has 32 heavy (non-hydrogen) atoms. The Hall–Kier alpha value is -2.24. The van der Waals surface area contributed by atoms with Crippen LogP contribution in [0.15, 0.2) is 53.4 Å². The van der Waals surface area contributed by atoms with Gasteiger partial charge in [0.25, 0.3) is 0 Å². The van der Waals surface area contributed by atoms with E-state index in [1.807, 2.05) is 0 Å². The normalized spacial score (nSPS) is 21.2. The number of aliphatic hydroxyl groups excluding tert-OH is 1. The number of hydrogen-bond acceptors (Lipinski definition) is 5. The number of anilines is 1. The first-order valence-electron chi connectivity index (χ1n) is 10.1. The Morgan fingerprint density at radius 2 is 1.94 bits per heavy atom. The maximum Gasteiger partial charge on any atom is 0.319 e. The molecule has 3 atom stereocenters. The molecule has 1 fully saturated rings. The van der Waals surface area contributed by atoms with Crippen molar-refractivity contribution < 1.29 is 27.4 Å². The third-order valence-electron chi connectivity index (χ3n) is 5.08. The number of nitrogens with one attached hydrogen (secondary N) is 3. The minimum atomic E-state index is -3.69. The van der Waals surface area contributed by atoms with Crippen LogP contribution in [0, 0.1) is 5.82 Å². The van der Waals surface area contributed by atoms with Crippen LogP contribution in [0.2, 0.25) is 5.02 Å². The zero-order chi connectivity index (χ0) is 23.1. The lowest BCUT2D eigenvalue weighted by molar-refractivity contribution is -0.0884. The van der Waals surface area contributed by atoms with Crippen molar-refractivity contribution in [2.75, 3.05) is 18.5 Å². The molecule has 11 heteroatoms. The van der Waals surface area contributed by atoms with E-state index in [2.05, 4.69) is 15.4 Å². The van der Waals surface area contributed by atoms with Gasteiger partial charge in [0.15, 0.2) is 0 Å². The number of sulfonamides is 1. The molecule has 0 bridgehead atoms. The van der Waals surface area contributed by atoms with Gasteiger partial charge in [0.05, 0.1) is 23.6 Å². The summed E-state index contributed by atoms with van der Waals surface area (Å²) in [6.45, 7) is -0.146. The van der Waals surface area contributed by atoms with Gasteiger partial charge in [-0.05, 0) is 61.7 Å². The molecule has 0 aliphatic carbocycles. The molecule has 2 aromatic carbocycles. The molecule has 1 heterocycles. The average molecular weight is 486 g/mol. The van der Waals surface area contributed by atoms with Crippen molar-refractivity contribution in [2.45, 2.75) is 42.4 Å². The van der Waals surface area contributed by atoms with Crippen molar-refractivity contribution in [1.82, 2.24) is 10.0 Å². The van der Waals surface area contributed by atoms with Crippen LogP contribution >= 0.6 is 11.6 Å². The van der Waals surface area contributed by atoms with E-state index in [4.69, 9.17) is 16.3 Å². The summed E-state index contributed by atoms with van der Waals surface area (Å²) in [6, 6.07) is 10.4. The Bertz CT molecular complexity index is 1020. The summed E-state index contributed by atoms with van der Waals surface area (Å²) in [5.41, 5.74) is 0.436. The smallest absolute Gasteiger partial charge is 0.319 e. The minimum absolute atomic E-state index is 0.0826. The fraction of sp³-hybridized carbons (Fsp3) is 0.381. The topological polar surface area (TPSA) is 117 Å². The van der Waals surface area contributed by atoms with Crippen LogP contribution in [0.5, 0.6) is 0 Å². The van der Waals surface area contributed by atoms with Crippen LogP contribution in [-0.4, -0.2) is 51.0 Å². The molecule has 1 aliphatic rings. The lowest BCUT2D eigenvalue weighted by Gasteiger charge is -2.36. The maximum atomic E-state index is 13.0. The van der Waals surface area contributed by atoms with Gasteiger partial charge in [0, 0.05) is 17.3 Å². The molecular formula is C21H25ClFN3O5S. The van der Waals surface area contributed by atoms with E-state index in [-0.39, 0.29) is 24.2 Å². The number of aliphatic hydroxyl groups is 1. The Kier molecular flexibility index (Phi) is 8.44. The fourth-order valence-corrected chi connectivity index (χ4v) is 4.80. The highest BCUT2D eigenvalue weighted by Gasteiger charge is 2.32. The van der Waals surface area contributed by atoms with E-state index < -0.39 is 34.0 Å². The Morgan fingerprint density at radius 1 is 1.19 bits per heavy atom. The van der Waals surface area contributed by atoms with Crippen LogP contribution in [0.1, 0.15) is 19.3 Å². The second kappa shape index (κ2) is 11.1. The summed E-state index contributed by atoms with van der Waals surface area (Å²) < 4.78 is 46.1. The van der Waals surface area contributed by atoms with Gasteiger partial charge in [-0.15, -0.1) is 0 Å². The van der Waals surface area contributed by atoms with Crippen LogP contribution in [0.3, 0.4) is 0 Å². The van der Waals surface area contributed by atoms with E-state index in [9.17, 15) is 22.7 Å². The maximum absolute atomic E-state index is 13.0. The van der Waals surface area contributed by atoms with Gasteiger partial charge in [-0.2, -0.15) is 0 Å². The summed E-state index contributed by atoms with van der Waals surface area (Å²) >= 11 is 5.85. The second-order valence-corrected chi connectivity index (χ2v) is 9.62. The minimum Gasteiger partial charge on any atom is -0.394 e. The molecule has 0 unspecified atom stereocenters. The molecule has 8 nitrogen and oxygen atoms in total. The molecule has 0 aromatic heterocycles. The number of hydrogen-bond donors (Lipinski definition) is 4. The number of halogens is 2. The van der Waals surface area contributed by atoms with Crippen molar-refractivity contribution in [3.63, 3.8) is 0 Å². The van der Waals surface area contributed by atoms with Gasteiger partial charge in [-0.25, -0.2) is 22.3 Å². The highest BCUT2D eigenvalue weighted by Crippen LogP contribution is 2.22. The third-order valence-corrected chi connectivity index (χ3v) is 6.77. The van der Waals surface area contributed by atoms with E-state index in [0.29, 0.717) is 30.0 Å². The summed E-state index contributed by atoms with van der Waals surface area (Å²) in [6.07, 6.45) is 0.639. The van der Waals surface area contributed by atoms with Crippen molar-refractivity contribution in [2.24, 2.45) is 0 Å². The number of amides is 2. The van der Waals surface area contributed by atoms with Crippen molar-refractivity contribution in [1.29, 1.82) is 0 Å². The van der Waals surface area contributed by atoms with Gasteiger partial charge in [0.2, 0.25) is 10.0 Å². The van der Waals surface area contributed by atoms with Gasteiger partial charge < -0.3 is 20.5 Å². The van der Waals surface area contributed by atoms with E-state index >= 15 is 0 Å². The second-order valence-electron chi connectivity index (χ2n) is 7.41. The Morgan fingerprint density at radius 3 is 2.62 bits per heavy atom. The van der Waals surface area contributed by atoms with Crippen molar-refractivity contribution >= 4 is 33.3 Å². The standard InChI is InChI=1S/C21H25ClFN3O5S/c22-14-2-1-3-18(12-14)32(29,30)24-11-10-17-8-9-19(20(13-27)31-17)26-21(28)25-16-6-4-15(23)5-7-16/h1-7,12,17,19-20,24,27H,8-11,13H2,(H2,25,26,28)/t17-,19-,20-/m0/s1. The van der Waals surface area contributed by atoms with Crippen LogP contribution in [-0.2, 0) is 14.8 Å². The SMILES string of the molecule is O=C(Nc1ccc(F)cc1)N[C@H]1CC[C@@H](CCNS(=O)(=O)c2cccc(Cl)c2)O[C@H]1CO. The number of ether oxygens (including phenoxy) is 1. The summed E-state index contributed by atoms with van der Waals surface area (Å²) in [7, 11) is -3.69. The number of carbonyl (C=O) groups is 1. The van der Waals surface area contributed by atoms with E-state index in [1.54, 1.807) is 12.1 Å². The average Bonchev–Trinajstić information content (AvgIpc) is 2.76. The number of urea groups is 1. The summed E-state index contributed by atoms with van der Waals surface area (Å²) in [4.78, 5) is 12.3. The first-order chi connectivity index (χ1) is 15.3. The molecule has 3 rings (SSSR count). The van der Waals surface area contributed by atoms with Crippen LogP contribution < -0.4 is 15.4 Å². The van der Waals surface area contributed by atoms with Gasteiger partial charge >= 0.3 is 6.03 Å². The quantitative estimate of drug-likeness (QED) is 0.458. The van der Waals surface area contributed by atoms with Crippen molar-refractivity contribution in [3.05, 3.63) is 59.4 Å². The van der Waals surface area contributed by atoms with Crippen LogP contribution in [0.4, 0.5) is 14.9 Å². The van der Waals surface area contributed by atoms with Crippen molar-refractivity contribution in [3.8, 4) is 0 Å². The monoisotopic (exact) mass is 485 g/mol. The molecule has 0 saturated carbocycles.